The number of nitro groups is 1. The average Bonchev–Trinajstić information content (AvgIpc) is 2.62. The third kappa shape index (κ3) is 1.50. The Morgan fingerprint density at radius 2 is 2.27 bits per heavy atom. The summed E-state index contributed by atoms with van der Waals surface area (Å²) < 4.78 is 5.09. The number of hydrogen-bond donors (Lipinski definition) is 1. The first-order valence-electron chi connectivity index (χ1n) is 4.27. The number of ether oxygens (including phenoxy) is 1. The lowest BCUT2D eigenvalue weighted by atomic mass is 10.1. The molecule has 0 amide bonds. The Labute approximate surface area is 84.2 Å². The first-order chi connectivity index (χ1) is 7.09. The quantitative estimate of drug-likeness (QED) is 0.584. The van der Waals surface area contributed by atoms with E-state index in [1.165, 1.54) is 6.07 Å². The molecule has 0 radical (unpaired) electrons. The minimum atomic E-state index is -1.17. The first-order valence-corrected chi connectivity index (χ1v) is 4.27. The number of rotatable bonds is 2. The van der Waals surface area contributed by atoms with Crippen molar-refractivity contribution in [2.24, 2.45) is 0 Å². The van der Waals surface area contributed by atoms with Crippen molar-refractivity contribution in [2.45, 2.75) is 6.42 Å². The third-order valence-corrected chi connectivity index (χ3v) is 2.21. The normalized spacial score (nSPS) is 13.1. The third-order valence-electron chi connectivity index (χ3n) is 2.21. The van der Waals surface area contributed by atoms with Crippen LogP contribution < -0.4 is 4.74 Å². The van der Waals surface area contributed by atoms with Crippen molar-refractivity contribution in [3.05, 3.63) is 33.4 Å². The van der Waals surface area contributed by atoms with E-state index in [0.29, 0.717) is 18.6 Å². The molecule has 6 nitrogen and oxygen atoms in total. The van der Waals surface area contributed by atoms with Gasteiger partial charge in [0.2, 0.25) is 5.75 Å². The molecule has 0 unspecified atom stereocenters. The highest BCUT2D eigenvalue weighted by molar-refractivity contribution is 5.89. The zero-order valence-corrected chi connectivity index (χ0v) is 7.60. The molecule has 1 aromatic rings. The van der Waals surface area contributed by atoms with E-state index >= 15 is 0 Å². The molecule has 1 aliphatic rings. The number of aromatic carboxylic acids is 1. The van der Waals surface area contributed by atoms with E-state index in [1.807, 2.05) is 0 Å². The van der Waals surface area contributed by atoms with Crippen LogP contribution in [-0.4, -0.2) is 22.6 Å². The summed E-state index contributed by atoms with van der Waals surface area (Å²) in [5, 5.41) is 19.4. The lowest BCUT2D eigenvalue weighted by Gasteiger charge is -2.01. The standard InChI is InChI=1S/C9H7NO5/c11-9(12)6-3-5-1-2-15-8(5)7(4-6)10(13)14/h3-4H,1-2H2,(H,11,12). The fourth-order valence-corrected chi connectivity index (χ4v) is 1.55. The van der Waals surface area contributed by atoms with Gasteiger partial charge in [0, 0.05) is 18.1 Å². The molecule has 0 aliphatic carbocycles. The molecular formula is C9H7NO5. The van der Waals surface area contributed by atoms with Gasteiger partial charge < -0.3 is 9.84 Å². The second kappa shape index (κ2) is 3.23. The van der Waals surface area contributed by atoms with Gasteiger partial charge in [-0.25, -0.2) is 4.79 Å². The average molecular weight is 209 g/mol. The van der Waals surface area contributed by atoms with E-state index in [1.54, 1.807) is 0 Å². The lowest BCUT2D eigenvalue weighted by Crippen LogP contribution is -2.00. The highest BCUT2D eigenvalue weighted by atomic mass is 16.6. The van der Waals surface area contributed by atoms with Crippen LogP contribution in [0.15, 0.2) is 12.1 Å². The summed E-state index contributed by atoms with van der Waals surface area (Å²) in [5.74, 6) is -0.974. The molecule has 0 atom stereocenters. The predicted octanol–water partition coefficient (Wildman–Crippen LogP) is 1.23. The van der Waals surface area contributed by atoms with Crippen molar-refractivity contribution >= 4 is 11.7 Å². The Balaban J connectivity index is 2.62. The molecule has 6 heteroatoms. The smallest absolute Gasteiger partial charge is 0.335 e. The second-order valence-electron chi connectivity index (χ2n) is 3.14. The monoisotopic (exact) mass is 209 g/mol. The van der Waals surface area contributed by atoms with Crippen molar-refractivity contribution in [3.8, 4) is 5.75 Å². The number of nitrogens with zero attached hydrogens (tertiary/aromatic N) is 1. The maximum atomic E-state index is 10.7. The Morgan fingerprint density at radius 1 is 1.53 bits per heavy atom. The predicted molar refractivity (Wildman–Crippen MR) is 49.3 cm³/mol. The van der Waals surface area contributed by atoms with Crippen LogP contribution in [0.25, 0.3) is 0 Å². The first kappa shape index (κ1) is 9.45. The summed E-state index contributed by atoms with van der Waals surface area (Å²) in [4.78, 5) is 20.8. The molecule has 1 heterocycles. The second-order valence-corrected chi connectivity index (χ2v) is 3.14. The summed E-state index contributed by atoms with van der Waals surface area (Å²) in [6.07, 6.45) is 0.511. The molecule has 78 valence electrons. The van der Waals surface area contributed by atoms with Gasteiger partial charge in [-0.05, 0) is 6.07 Å². The minimum absolute atomic E-state index is 0.0778. The molecule has 0 saturated carbocycles. The maximum Gasteiger partial charge on any atom is 0.335 e. The van der Waals surface area contributed by atoms with Crippen LogP contribution in [0.4, 0.5) is 5.69 Å². The number of fused-ring (bicyclic) bond motifs is 1. The van der Waals surface area contributed by atoms with Crippen LogP contribution in [-0.2, 0) is 6.42 Å². The minimum Gasteiger partial charge on any atom is -0.486 e. The number of carboxylic acid groups (broad SMARTS) is 1. The van der Waals surface area contributed by atoms with Crippen molar-refractivity contribution in [2.75, 3.05) is 6.61 Å². The zero-order chi connectivity index (χ0) is 11.0. The highest BCUT2D eigenvalue weighted by Crippen LogP contribution is 2.36. The van der Waals surface area contributed by atoms with Crippen LogP contribution in [0.3, 0.4) is 0 Å². The maximum absolute atomic E-state index is 10.7. The van der Waals surface area contributed by atoms with Gasteiger partial charge in [-0.3, -0.25) is 10.1 Å². The summed E-state index contributed by atoms with van der Waals surface area (Å²) in [7, 11) is 0. The molecule has 1 N–H and O–H groups in total. The fraction of sp³-hybridized carbons (Fsp3) is 0.222. The molecule has 0 fully saturated rings. The van der Waals surface area contributed by atoms with Gasteiger partial charge in [-0.15, -0.1) is 0 Å². The van der Waals surface area contributed by atoms with E-state index in [2.05, 4.69) is 0 Å². The van der Waals surface area contributed by atoms with Gasteiger partial charge in [0.1, 0.15) is 0 Å². The molecule has 2 rings (SSSR count). The highest BCUT2D eigenvalue weighted by Gasteiger charge is 2.26. The van der Waals surface area contributed by atoms with Gasteiger partial charge in [-0.2, -0.15) is 0 Å². The van der Waals surface area contributed by atoms with Crippen LogP contribution in [0.2, 0.25) is 0 Å². The van der Waals surface area contributed by atoms with Crippen molar-refractivity contribution in [1.82, 2.24) is 0 Å². The van der Waals surface area contributed by atoms with Crippen molar-refractivity contribution < 1.29 is 19.6 Å². The van der Waals surface area contributed by atoms with Crippen molar-refractivity contribution in [1.29, 1.82) is 0 Å². The summed E-state index contributed by atoms with van der Waals surface area (Å²) in [6.45, 7) is 0.360. The van der Waals surface area contributed by atoms with E-state index in [0.717, 1.165) is 6.07 Å². The fourth-order valence-electron chi connectivity index (χ4n) is 1.55. The van der Waals surface area contributed by atoms with Crippen LogP contribution in [0.1, 0.15) is 15.9 Å². The lowest BCUT2D eigenvalue weighted by molar-refractivity contribution is -0.385. The van der Waals surface area contributed by atoms with Gasteiger partial charge in [0.05, 0.1) is 17.1 Å². The van der Waals surface area contributed by atoms with Crippen LogP contribution in [0.5, 0.6) is 5.75 Å². The summed E-state index contributed by atoms with van der Waals surface area (Å²) in [6, 6.07) is 2.43. The molecule has 0 aromatic heterocycles. The van der Waals surface area contributed by atoms with E-state index in [-0.39, 0.29) is 17.0 Å². The number of hydrogen-bond acceptors (Lipinski definition) is 4. The van der Waals surface area contributed by atoms with Gasteiger partial charge in [-0.1, -0.05) is 0 Å². The molecule has 1 aliphatic heterocycles. The molecule has 15 heavy (non-hydrogen) atoms. The van der Waals surface area contributed by atoms with Crippen LogP contribution in [0, 0.1) is 10.1 Å². The Kier molecular flexibility index (Phi) is 2.03. The van der Waals surface area contributed by atoms with E-state index < -0.39 is 10.9 Å². The van der Waals surface area contributed by atoms with E-state index in [9.17, 15) is 14.9 Å². The number of nitro benzene ring substituents is 1. The summed E-state index contributed by atoms with van der Waals surface area (Å²) >= 11 is 0. The SMILES string of the molecule is O=C(O)c1cc2c(c([N+](=O)[O-])c1)OCC2. The van der Waals surface area contributed by atoms with Crippen LogP contribution >= 0.6 is 0 Å². The molecule has 1 aromatic carbocycles. The van der Waals surface area contributed by atoms with Crippen molar-refractivity contribution in [3.63, 3.8) is 0 Å². The van der Waals surface area contributed by atoms with Gasteiger partial charge >= 0.3 is 11.7 Å². The summed E-state index contributed by atoms with van der Waals surface area (Å²) in [5.41, 5.74) is 0.231. The van der Waals surface area contributed by atoms with Gasteiger partial charge in [0.15, 0.2) is 0 Å². The largest absolute Gasteiger partial charge is 0.486 e. The molecule has 0 bridgehead atoms. The van der Waals surface area contributed by atoms with E-state index in [4.69, 9.17) is 9.84 Å². The zero-order valence-electron chi connectivity index (χ0n) is 7.60. The number of carboxylic acids is 1. The van der Waals surface area contributed by atoms with Gasteiger partial charge in [0.25, 0.3) is 0 Å². The Morgan fingerprint density at radius 3 is 2.87 bits per heavy atom. The molecule has 0 saturated heterocycles. The number of benzene rings is 1. The Hall–Kier alpha value is -2.11. The Bertz CT molecular complexity index is 454. The topological polar surface area (TPSA) is 89.7 Å². The number of carbonyl (C=O) groups is 1. The molecular weight excluding hydrogens is 202 g/mol. The molecule has 0 spiro atoms.